The lowest BCUT2D eigenvalue weighted by molar-refractivity contribution is -0.0499. The van der Waals surface area contributed by atoms with Crippen molar-refractivity contribution in [2.45, 2.75) is 44.5 Å². The summed E-state index contributed by atoms with van der Waals surface area (Å²) < 4.78 is 74.5. The van der Waals surface area contributed by atoms with Crippen molar-refractivity contribution >= 4 is 24.1 Å². The maximum atomic E-state index is 13.1. The lowest BCUT2D eigenvalue weighted by atomic mass is 9.93. The van der Waals surface area contributed by atoms with Crippen molar-refractivity contribution in [3.8, 4) is 39.4 Å². The molecule has 0 saturated heterocycles. The third-order valence-corrected chi connectivity index (χ3v) is 10.1. The third-order valence-electron chi connectivity index (χ3n) is 6.58. The minimum atomic E-state index is -5.89. The Bertz CT molecular complexity index is 1720. The zero-order valence-corrected chi connectivity index (χ0v) is 25.0. The van der Waals surface area contributed by atoms with Gasteiger partial charge in [-0.2, -0.15) is 21.6 Å². The molecule has 4 rings (SSSR count). The van der Waals surface area contributed by atoms with E-state index in [0.29, 0.717) is 22.3 Å². The summed E-state index contributed by atoms with van der Waals surface area (Å²) in [5.41, 5.74) is 2.23. The highest BCUT2D eigenvalue weighted by Gasteiger charge is 2.48. The first-order valence-corrected chi connectivity index (χ1v) is 17.7. The van der Waals surface area contributed by atoms with Crippen LogP contribution in [0.15, 0.2) is 72.8 Å². The second-order valence-corrected chi connectivity index (χ2v) is 17.6. The van der Waals surface area contributed by atoms with Gasteiger partial charge in [-0.1, -0.05) is 80.3 Å². The van der Waals surface area contributed by atoms with Crippen LogP contribution in [-0.4, -0.2) is 48.4 Å². The summed E-state index contributed by atoms with van der Waals surface area (Å²) in [5.74, 6) is -1.11. The molecular formula is C28H29F3N4O5SSi. The molecule has 1 amide bonds. The van der Waals surface area contributed by atoms with Gasteiger partial charge >= 0.3 is 15.6 Å². The van der Waals surface area contributed by atoms with E-state index in [1.54, 1.807) is 54.6 Å². The molecule has 2 N–H and O–H groups in total. The van der Waals surface area contributed by atoms with Crippen LogP contribution in [0, 0.1) is 0 Å². The van der Waals surface area contributed by atoms with Crippen LogP contribution in [0.2, 0.25) is 19.6 Å². The molecule has 0 saturated carbocycles. The van der Waals surface area contributed by atoms with Crippen LogP contribution in [0.4, 0.5) is 13.2 Å². The molecular weight excluding hydrogens is 589 g/mol. The number of nitrogens with zero attached hydrogens (tertiary/aromatic N) is 3. The van der Waals surface area contributed by atoms with Crippen molar-refractivity contribution in [3.63, 3.8) is 0 Å². The highest BCUT2D eigenvalue weighted by atomic mass is 32.2. The summed E-state index contributed by atoms with van der Waals surface area (Å²) in [6, 6.07) is 19.3. The van der Waals surface area contributed by atoms with Gasteiger partial charge < -0.3 is 14.7 Å². The first kappa shape index (κ1) is 30.9. The summed E-state index contributed by atoms with van der Waals surface area (Å²) in [6.07, 6.45) is 0. The van der Waals surface area contributed by atoms with E-state index < -0.39 is 35.4 Å². The summed E-state index contributed by atoms with van der Waals surface area (Å²) >= 11 is 0. The molecule has 1 unspecified atom stereocenters. The quantitative estimate of drug-likeness (QED) is 0.134. The van der Waals surface area contributed by atoms with Crippen LogP contribution in [-0.2, 0) is 21.6 Å². The summed E-state index contributed by atoms with van der Waals surface area (Å²) in [4.78, 5) is 16.4. The third kappa shape index (κ3) is 6.72. The van der Waals surface area contributed by atoms with Gasteiger partial charge in [-0.25, -0.2) is 9.67 Å². The lowest BCUT2D eigenvalue weighted by Gasteiger charge is -2.25. The molecule has 0 aliphatic carbocycles. The Hall–Kier alpha value is -4.01. The van der Waals surface area contributed by atoms with Crippen molar-refractivity contribution < 1.29 is 35.3 Å². The van der Waals surface area contributed by atoms with Gasteiger partial charge in [0, 0.05) is 16.9 Å². The number of rotatable bonds is 10. The lowest BCUT2D eigenvalue weighted by Crippen LogP contribution is -2.38. The van der Waals surface area contributed by atoms with E-state index in [1.165, 1.54) is 16.8 Å². The number of para-hydroxylation sites is 1. The fourth-order valence-electron chi connectivity index (χ4n) is 3.89. The number of hydrogen-bond donors (Lipinski definition) is 1. The van der Waals surface area contributed by atoms with Crippen LogP contribution in [0.1, 0.15) is 17.5 Å². The number of alkyl halides is 3. The van der Waals surface area contributed by atoms with Crippen LogP contribution in [0.25, 0.3) is 33.6 Å². The molecule has 42 heavy (non-hydrogen) atoms. The zero-order valence-electron chi connectivity index (χ0n) is 23.2. The van der Waals surface area contributed by atoms with E-state index in [2.05, 4.69) is 33.9 Å². The molecule has 0 aliphatic heterocycles. The minimum absolute atomic E-state index is 0.0170. The van der Waals surface area contributed by atoms with Crippen molar-refractivity contribution in [3.05, 3.63) is 78.6 Å². The fourth-order valence-corrected chi connectivity index (χ4v) is 4.94. The van der Waals surface area contributed by atoms with Crippen molar-refractivity contribution in [1.82, 2.24) is 14.8 Å². The maximum absolute atomic E-state index is 13.1. The van der Waals surface area contributed by atoms with E-state index in [4.69, 9.17) is 10.5 Å². The highest BCUT2D eigenvalue weighted by molar-refractivity contribution is 7.88. The van der Waals surface area contributed by atoms with Crippen molar-refractivity contribution in [1.29, 1.82) is 0 Å². The van der Waals surface area contributed by atoms with Gasteiger partial charge in [0.25, 0.3) is 5.91 Å². The number of benzene rings is 3. The van der Waals surface area contributed by atoms with E-state index in [9.17, 15) is 26.4 Å². The highest BCUT2D eigenvalue weighted by Crippen LogP contribution is 2.39. The SMILES string of the molecule is CC(OCn1nc(-c2cccc(-c3ccccc3-c3ccccc3OS(=O)(=O)C(F)(F)F)c2)nc1C(N)=O)[Si](C)(C)C. The first-order valence-electron chi connectivity index (χ1n) is 12.7. The van der Waals surface area contributed by atoms with Gasteiger partial charge in [0.15, 0.2) is 11.6 Å². The number of carbonyl (C=O) groups excluding carboxylic acids is 1. The number of hydrogen-bond acceptors (Lipinski definition) is 7. The Morgan fingerprint density at radius 3 is 2.17 bits per heavy atom. The monoisotopic (exact) mass is 618 g/mol. The van der Waals surface area contributed by atoms with E-state index in [-0.39, 0.29) is 29.7 Å². The van der Waals surface area contributed by atoms with E-state index >= 15 is 0 Å². The predicted molar refractivity (Wildman–Crippen MR) is 154 cm³/mol. The van der Waals surface area contributed by atoms with Gasteiger partial charge in [0.2, 0.25) is 5.82 Å². The minimum Gasteiger partial charge on any atom is -0.375 e. The smallest absolute Gasteiger partial charge is 0.375 e. The van der Waals surface area contributed by atoms with Crippen LogP contribution < -0.4 is 9.92 Å². The van der Waals surface area contributed by atoms with Gasteiger partial charge in [0.1, 0.15) is 6.73 Å². The molecule has 1 aromatic heterocycles. The molecule has 1 heterocycles. The second-order valence-electron chi connectivity index (χ2n) is 10.5. The molecule has 222 valence electrons. The van der Waals surface area contributed by atoms with Gasteiger partial charge in [-0.05, 0) is 35.7 Å². The average molecular weight is 619 g/mol. The molecule has 9 nitrogen and oxygen atoms in total. The Labute approximate surface area is 242 Å². The zero-order chi connectivity index (χ0) is 30.9. The Morgan fingerprint density at radius 2 is 1.55 bits per heavy atom. The first-order chi connectivity index (χ1) is 19.6. The number of primary amides is 1. The van der Waals surface area contributed by atoms with Gasteiger partial charge in [-0.3, -0.25) is 4.79 Å². The van der Waals surface area contributed by atoms with E-state index in [1.807, 2.05) is 6.92 Å². The van der Waals surface area contributed by atoms with E-state index in [0.717, 1.165) is 6.07 Å². The average Bonchev–Trinajstić information content (AvgIpc) is 3.35. The van der Waals surface area contributed by atoms with Crippen LogP contribution >= 0.6 is 0 Å². The van der Waals surface area contributed by atoms with Gasteiger partial charge in [0.05, 0.1) is 8.07 Å². The predicted octanol–water partition coefficient (Wildman–Crippen LogP) is 5.85. The van der Waals surface area contributed by atoms with Crippen LogP contribution in [0.5, 0.6) is 5.75 Å². The molecule has 1 atom stereocenters. The molecule has 14 heteroatoms. The maximum Gasteiger partial charge on any atom is 0.534 e. The van der Waals surface area contributed by atoms with Crippen LogP contribution in [0.3, 0.4) is 0 Å². The van der Waals surface area contributed by atoms with Crippen molar-refractivity contribution in [2.24, 2.45) is 5.73 Å². The fraction of sp³-hybridized carbons (Fsp3) is 0.250. The van der Waals surface area contributed by atoms with Crippen molar-refractivity contribution in [2.75, 3.05) is 0 Å². The molecule has 0 radical (unpaired) electrons. The Morgan fingerprint density at radius 1 is 0.952 bits per heavy atom. The van der Waals surface area contributed by atoms with Gasteiger partial charge in [-0.15, -0.1) is 5.10 Å². The number of nitrogens with two attached hydrogens (primary N) is 1. The largest absolute Gasteiger partial charge is 0.534 e. The number of amides is 1. The molecule has 0 spiro atoms. The number of carbonyl (C=O) groups is 1. The normalized spacial score (nSPS) is 13.1. The number of ether oxygens (including phenoxy) is 1. The molecule has 0 fully saturated rings. The topological polar surface area (TPSA) is 126 Å². The molecule has 3 aromatic carbocycles. The molecule has 0 bridgehead atoms. The number of halogens is 3. The molecule has 0 aliphatic rings. The Balaban J connectivity index is 1.73. The Kier molecular flexibility index (Phi) is 8.62. The molecule has 4 aromatic rings. The summed E-state index contributed by atoms with van der Waals surface area (Å²) in [7, 11) is -7.51. The second kappa shape index (κ2) is 11.7. The standard InChI is InChI=1S/C28H29F3N4O5SSi/c1-18(42(2,3)4)39-17-35-27(25(32)36)33-26(34-35)20-11-9-10-19(16-20)21-12-5-6-13-22(21)23-14-7-8-15-24(23)40-41(37,38)28(29,30)31/h5-16,18H,17H2,1-4H3,(H2,32,36). The summed E-state index contributed by atoms with van der Waals surface area (Å²) in [6.45, 7) is 8.42. The summed E-state index contributed by atoms with van der Waals surface area (Å²) in [5, 5.41) is 4.45. The number of aromatic nitrogens is 3.